The summed E-state index contributed by atoms with van der Waals surface area (Å²) < 4.78 is 36.2. The van der Waals surface area contributed by atoms with E-state index in [4.69, 9.17) is 0 Å². The summed E-state index contributed by atoms with van der Waals surface area (Å²) in [6.45, 7) is -0.766. The molecule has 2 N–H and O–H groups in total. The minimum Gasteiger partial charge on any atom is -0.395 e. The second-order valence-corrected chi connectivity index (χ2v) is 5.17. The first kappa shape index (κ1) is 15.3. The molecule has 0 aliphatic rings. The fourth-order valence-electron chi connectivity index (χ4n) is 1.69. The van der Waals surface area contributed by atoms with Crippen molar-refractivity contribution in [3.05, 3.63) is 35.9 Å². The van der Waals surface area contributed by atoms with Crippen LogP contribution in [0.2, 0.25) is 0 Å². The quantitative estimate of drug-likeness (QED) is 0.841. The van der Waals surface area contributed by atoms with Gasteiger partial charge in [0.2, 0.25) is 0 Å². The largest absolute Gasteiger partial charge is 0.441 e. The average Bonchev–Trinajstić information content (AvgIpc) is 2.35. The molecule has 0 unspecified atom stereocenters. The molecule has 0 atom stereocenters. The zero-order valence-corrected chi connectivity index (χ0v) is 10.5. The van der Waals surface area contributed by atoms with Crippen LogP contribution in [0, 0.1) is 0 Å². The monoisotopic (exact) mass is 280 g/mol. The normalized spacial score (nSPS) is 12.7. The number of hydrogen-bond donors (Lipinski definition) is 2. The first-order valence-electron chi connectivity index (χ1n) is 5.41. The molecule has 2 nitrogen and oxygen atoms in total. The highest BCUT2D eigenvalue weighted by molar-refractivity contribution is 8.00. The maximum absolute atomic E-state index is 12.1. The SMILES string of the molecule is OCC(CO)(CCSC(F)(F)F)c1ccccc1. The molecule has 0 radical (unpaired) electrons. The molecule has 0 aliphatic heterocycles. The van der Waals surface area contributed by atoms with Crippen molar-refractivity contribution in [1.82, 2.24) is 0 Å². The fourth-order valence-corrected chi connectivity index (χ4v) is 2.41. The van der Waals surface area contributed by atoms with Crippen molar-refractivity contribution in [2.45, 2.75) is 17.3 Å². The molecule has 0 fully saturated rings. The fraction of sp³-hybridized carbons (Fsp3) is 0.500. The third kappa shape index (κ3) is 4.19. The molecule has 1 rings (SSSR count). The Morgan fingerprint density at radius 1 is 1.00 bits per heavy atom. The second kappa shape index (κ2) is 6.45. The van der Waals surface area contributed by atoms with Crippen LogP contribution in [0.15, 0.2) is 30.3 Å². The molecule has 1 aromatic carbocycles. The molecular formula is C12H15F3O2S. The maximum atomic E-state index is 12.1. The Labute approximate surface area is 108 Å². The Morgan fingerprint density at radius 3 is 2.00 bits per heavy atom. The minimum atomic E-state index is -4.28. The zero-order chi connectivity index (χ0) is 13.6. The summed E-state index contributed by atoms with van der Waals surface area (Å²) in [6, 6.07) is 8.63. The third-order valence-electron chi connectivity index (χ3n) is 2.84. The Balaban J connectivity index is 2.76. The van der Waals surface area contributed by atoms with Crippen molar-refractivity contribution in [2.75, 3.05) is 19.0 Å². The van der Waals surface area contributed by atoms with Gasteiger partial charge in [-0.2, -0.15) is 13.2 Å². The summed E-state index contributed by atoms with van der Waals surface area (Å²) >= 11 is -0.136. The number of aliphatic hydroxyl groups is 2. The van der Waals surface area contributed by atoms with Crippen LogP contribution in [0.25, 0.3) is 0 Å². The van der Waals surface area contributed by atoms with E-state index in [0.717, 1.165) is 0 Å². The molecule has 0 amide bonds. The highest BCUT2D eigenvalue weighted by atomic mass is 32.2. The van der Waals surface area contributed by atoms with Crippen LogP contribution < -0.4 is 0 Å². The van der Waals surface area contributed by atoms with E-state index in [-0.39, 0.29) is 37.1 Å². The van der Waals surface area contributed by atoms with E-state index in [2.05, 4.69) is 0 Å². The predicted molar refractivity (Wildman–Crippen MR) is 65.4 cm³/mol. The highest BCUT2D eigenvalue weighted by Gasteiger charge is 2.34. The Hall–Kier alpha value is -0.720. The highest BCUT2D eigenvalue weighted by Crippen LogP contribution is 2.35. The van der Waals surface area contributed by atoms with Gasteiger partial charge in [-0.3, -0.25) is 0 Å². The van der Waals surface area contributed by atoms with Crippen molar-refractivity contribution in [3.8, 4) is 0 Å². The van der Waals surface area contributed by atoms with E-state index < -0.39 is 10.9 Å². The summed E-state index contributed by atoms with van der Waals surface area (Å²) in [7, 11) is 0. The lowest BCUT2D eigenvalue weighted by atomic mass is 9.79. The molecular weight excluding hydrogens is 265 g/mol. The molecule has 6 heteroatoms. The summed E-state index contributed by atoms with van der Waals surface area (Å²) in [6.07, 6.45) is 0.0637. The number of rotatable bonds is 6. The number of thioether (sulfide) groups is 1. The molecule has 102 valence electrons. The molecule has 0 bridgehead atoms. The topological polar surface area (TPSA) is 40.5 Å². The molecule has 0 saturated carbocycles. The average molecular weight is 280 g/mol. The van der Waals surface area contributed by atoms with Gasteiger partial charge in [-0.25, -0.2) is 0 Å². The molecule has 0 aliphatic carbocycles. The van der Waals surface area contributed by atoms with E-state index >= 15 is 0 Å². The van der Waals surface area contributed by atoms with E-state index in [0.29, 0.717) is 5.56 Å². The number of aliphatic hydroxyl groups excluding tert-OH is 2. The van der Waals surface area contributed by atoms with Gasteiger partial charge < -0.3 is 10.2 Å². The van der Waals surface area contributed by atoms with E-state index in [1.54, 1.807) is 30.3 Å². The van der Waals surface area contributed by atoms with Crippen molar-refractivity contribution in [2.24, 2.45) is 0 Å². The zero-order valence-electron chi connectivity index (χ0n) is 9.65. The standard InChI is InChI=1S/C12H15F3O2S/c13-12(14,15)18-7-6-11(8-16,9-17)10-4-2-1-3-5-10/h1-5,16-17H,6-9H2. The smallest absolute Gasteiger partial charge is 0.395 e. The lowest BCUT2D eigenvalue weighted by Crippen LogP contribution is -2.35. The first-order valence-corrected chi connectivity index (χ1v) is 6.40. The van der Waals surface area contributed by atoms with Gasteiger partial charge in [-0.1, -0.05) is 42.1 Å². The maximum Gasteiger partial charge on any atom is 0.441 e. The van der Waals surface area contributed by atoms with Crippen LogP contribution in [0.5, 0.6) is 0 Å². The molecule has 0 aromatic heterocycles. The third-order valence-corrected chi connectivity index (χ3v) is 3.57. The number of hydrogen-bond acceptors (Lipinski definition) is 3. The first-order chi connectivity index (χ1) is 8.43. The van der Waals surface area contributed by atoms with Gasteiger partial charge in [-0.05, 0) is 12.0 Å². The molecule has 0 heterocycles. The lowest BCUT2D eigenvalue weighted by molar-refractivity contribution is -0.0329. The van der Waals surface area contributed by atoms with E-state index in [1.807, 2.05) is 0 Å². The number of halogens is 3. The number of alkyl halides is 3. The molecule has 0 saturated heterocycles. The Kier molecular flexibility index (Phi) is 5.49. The van der Waals surface area contributed by atoms with Gasteiger partial charge in [0.1, 0.15) is 0 Å². The lowest BCUT2D eigenvalue weighted by Gasteiger charge is -2.30. The van der Waals surface area contributed by atoms with Crippen molar-refractivity contribution < 1.29 is 23.4 Å². The minimum absolute atomic E-state index is 0.0637. The molecule has 18 heavy (non-hydrogen) atoms. The van der Waals surface area contributed by atoms with Crippen LogP contribution in [-0.2, 0) is 5.41 Å². The van der Waals surface area contributed by atoms with E-state index in [9.17, 15) is 23.4 Å². The van der Waals surface area contributed by atoms with Crippen molar-refractivity contribution in [3.63, 3.8) is 0 Å². The van der Waals surface area contributed by atoms with Crippen LogP contribution in [-0.4, -0.2) is 34.7 Å². The number of benzene rings is 1. The summed E-state index contributed by atoms with van der Waals surface area (Å²) in [5, 5.41) is 18.8. The summed E-state index contributed by atoms with van der Waals surface area (Å²) in [5.41, 5.74) is -4.65. The Morgan fingerprint density at radius 2 is 1.56 bits per heavy atom. The van der Waals surface area contributed by atoms with Gasteiger partial charge in [0.25, 0.3) is 0 Å². The van der Waals surface area contributed by atoms with Crippen LogP contribution in [0.3, 0.4) is 0 Å². The second-order valence-electron chi connectivity index (χ2n) is 4.01. The summed E-state index contributed by atoms with van der Waals surface area (Å²) in [4.78, 5) is 0. The van der Waals surface area contributed by atoms with Gasteiger partial charge in [0.15, 0.2) is 0 Å². The van der Waals surface area contributed by atoms with Crippen LogP contribution >= 0.6 is 11.8 Å². The van der Waals surface area contributed by atoms with Gasteiger partial charge in [-0.15, -0.1) is 0 Å². The van der Waals surface area contributed by atoms with Crippen molar-refractivity contribution >= 4 is 11.8 Å². The van der Waals surface area contributed by atoms with Gasteiger partial charge in [0, 0.05) is 11.2 Å². The Bertz CT molecular complexity index is 350. The van der Waals surface area contributed by atoms with Crippen LogP contribution in [0.4, 0.5) is 13.2 Å². The van der Waals surface area contributed by atoms with Gasteiger partial charge >= 0.3 is 5.51 Å². The predicted octanol–water partition coefficient (Wildman–Crippen LogP) is 2.55. The molecule has 0 spiro atoms. The van der Waals surface area contributed by atoms with E-state index in [1.165, 1.54) is 0 Å². The van der Waals surface area contributed by atoms with Gasteiger partial charge in [0.05, 0.1) is 13.2 Å². The molecule has 1 aromatic rings. The summed E-state index contributed by atoms with van der Waals surface area (Å²) in [5.74, 6) is -0.195. The van der Waals surface area contributed by atoms with Crippen LogP contribution in [0.1, 0.15) is 12.0 Å². The van der Waals surface area contributed by atoms with Crippen molar-refractivity contribution in [1.29, 1.82) is 0 Å².